The molecule has 0 atom stereocenters. The van der Waals surface area contributed by atoms with E-state index in [1.54, 1.807) is 0 Å². The summed E-state index contributed by atoms with van der Waals surface area (Å²) in [5.41, 5.74) is 0. The lowest BCUT2D eigenvalue weighted by Crippen LogP contribution is -2.21. The first-order valence-electron chi connectivity index (χ1n) is 4.95. The summed E-state index contributed by atoms with van der Waals surface area (Å²) in [4.78, 5) is 10.6. The van der Waals surface area contributed by atoms with Crippen molar-refractivity contribution in [2.45, 2.75) is 25.7 Å². The molecule has 2 saturated heterocycles. The van der Waals surface area contributed by atoms with E-state index >= 15 is 0 Å². The quantitative estimate of drug-likeness (QED) is 0.614. The van der Waals surface area contributed by atoms with Gasteiger partial charge in [-0.15, -0.1) is 11.8 Å². The normalized spacial score (nSPS) is 22.6. The van der Waals surface area contributed by atoms with Crippen molar-refractivity contribution in [2.24, 2.45) is 0 Å². The summed E-state index contributed by atoms with van der Waals surface area (Å²) < 4.78 is 0. The molecule has 4 heteroatoms. The van der Waals surface area contributed by atoms with Gasteiger partial charge in [-0.1, -0.05) is 6.42 Å². The molecule has 0 aliphatic carbocycles. The Labute approximate surface area is 84.0 Å². The molecule has 2 aliphatic heterocycles. The summed E-state index contributed by atoms with van der Waals surface area (Å²) in [6.07, 6.45) is 4.18. The maximum atomic E-state index is 10.6. The predicted octanol–water partition coefficient (Wildman–Crippen LogP) is 0.957. The summed E-state index contributed by atoms with van der Waals surface area (Å²) in [5, 5.41) is 5.99. The largest absolute Gasteiger partial charge is 0.356 e. The van der Waals surface area contributed by atoms with Gasteiger partial charge in [0.1, 0.15) is 0 Å². The summed E-state index contributed by atoms with van der Waals surface area (Å²) >= 11 is 1.96. The van der Waals surface area contributed by atoms with Crippen LogP contribution in [-0.4, -0.2) is 30.6 Å². The molecule has 2 fully saturated rings. The second-order valence-corrected chi connectivity index (χ2v) is 4.32. The number of nitrogens with one attached hydrogen (secondary N) is 2. The van der Waals surface area contributed by atoms with Crippen LogP contribution >= 0.6 is 11.8 Å². The Morgan fingerprint density at radius 3 is 2.69 bits per heavy atom. The zero-order chi connectivity index (χ0) is 9.36. The topological polar surface area (TPSA) is 41.1 Å². The van der Waals surface area contributed by atoms with Crippen LogP contribution in [-0.2, 0) is 4.79 Å². The summed E-state index contributed by atoms with van der Waals surface area (Å²) in [7, 11) is 0. The van der Waals surface area contributed by atoms with Crippen LogP contribution in [0.15, 0.2) is 0 Å². The Morgan fingerprint density at radius 1 is 1.15 bits per heavy atom. The molecule has 2 rings (SSSR count). The van der Waals surface area contributed by atoms with Crippen LogP contribution in [0.4, 0.5) is 0 Å². The van der Waals surface area contributed by atoms with Gasteiger partial charge in [0.2, 0.25) is 5.91 Å². The van der Waals surface area contributed by atoms with E-state index in [9.17, 15) is 4.79 Å². The van der Waals surface area contributed by atoms with Crippen LogP contribution in [0, 0.1) is 0 Å². The van der Waals surface area contributed by atoms with E-state index in [0.717, 1.165) is 25.8 Å². The SMILES string of the molecule is C1CSCN1.O=C1CCCCCN1. The molecular weight excluding hydrogens is 184 g/mol. The smallest absolute Gasteiger partial charge is 0.219 e. The summed E-state index contributed by atoms with van der Waals surface area (Å²) in [6.45, 7) is 2.10. The minimum Gasteiger partial charge on any atom is -0.356 e. The molecule has 3 nitrogen and oxygen atoms in total. The van der Waals surface area contributed by atoms with Crippen molar-refractivity contribution < 1.29 is 4.79 Å². The van der Waals surface area contributed by atoms with E-state index < -0.39 is 0 Å². The van der Waals surface area contributed by atoms with Gasteiger partial charge in [0, 0.05) is 31.1 Å². The molecule has 0 aromatic carbocycles. The van der Waals surface area contributed by atoms with Crippen molar-refractivity contribution >= 4 is 17.7 Å². The van der Waals surface area contributed by atoms with E-state index in [-0.39, 0.29) is 5.91 Å². The molecule has 0 bridgehead atoms. The molecule has 0 spiro atoms. The van der Waals surface area contributed by atoms with Gasteiger partial charge in [0.15, 0.2) is 0 Å². The predicted molar refractivity (Wildman–Crippen MR) is 56.8 cm³/mol. The Morgan fingerprint density at radius 2 is 2.08 bits per heavy atom. The number of thioether (sulfide) groups is 1. The van der Waals surface area contributed by atoms with Crippen molar-refractivity contribution in [3.63, 3.8) is 0 Å². The molecule has 76 valence electrons. The highest BCUT2D eigenvalue weighted by atomic mass is 32.2. The molecule has 0 unspecified atom stereocenters. The van der Waals surface area contributed by atoms with Crippen molar-refractivity contribution in [1.29, 1.82) is 0 Å². The first kappa shape index (κ1) is 10.9. The van der Waals surface area contributed by atoms with Gasteiger partial charge in [-0.3, -0.25) is 4.79 Å². The van der Waals surface area contributed by atoms with Crippen LogP contribution in [0.25, 0.3) is 0 Å². The van der Waals surface area contributed by atoms with Crippen LogP contribution in [0.3, 0.4) is 0 Å². The lowest BCUT2D eigenvalue weighted by molar-refractivity contribution is -0.120. The average molecular weight is 202 g/mol. The van der Waals surface area contributed by atoms with E-state index in [1.807, 2.05) is 11.8 Å². The third kappa shape index (κ3) is 5.93. The van der Waals surface area contributed by atoms with E-state index in [1.165, 1.54) is 24.6 Å². The molecule has 13 heavy (non-hydrogen) atoms. The Balaban J connectivity index is 0.000000145. The van der Waals surface area contributed by atoms with E-state index in [2.05, 4.69) is 10.6 Å². The van der Waals surface area contributed by atoms with Crippen molar-refractivity contribution in [2.75, 3.05) is 24.7 Å². The molecule has 2 N–H and O–H groups in total. The number of rotatable bonds is 0. The molecule has 1 amide bonds. The minimum atomic E-state index is 0.225. The summed E-state index contributed by atoms with van der Waals surface area (Å²) in [5.74, 6) is 2.70. The molecule has 0 aromatic rings. The van der Waals surface area contributed by atoms with Gasteiger partial charge in [0.25, 0.3) is 0 Å². The fourth-order valence-corrected chi connectivity index (χ4v) is 1.99. The minimum absolute atomic E-state index is 0.225. The van der Waals surface area contributed by atoms with Crippen LogP contribution in [0.2, 0.25) is 0 Å². The lowest BCUT2D eigenvalue weighted by atomic mass is 10.2. The van der Waals surface area contributed by atoms with Gasteiger partial charge in [-0.2, -0.15) is 0 Å². The number of carbonyl (C=O) groups excluding carboxylic acids is 1. The number of hydrogen-bond donors (Lipinski definition) is 2. The maximum Gasteiger partial charge on any atom is 0.219 e. The fourth-order valence-electron chi connectivity index (χ4n) is 1.26. The highest BCUT2D eigenvalue weighted by Gasteiger charge is 2.03. The lowest BCUT2D eigenvalue weighted by Gasteiger charge is -1.93. The van der Waals surface area contributed by atoms with Crippen LogP contribution in [0.5, 0.6) is 0 Å². The maximum absolute atomic E-state index is 10.6. The second-order valence-electron chi connectivity index (χ2n) is 3.21. The number of carbonyl (C=O) groups is 1. The molecule has 2 aliphatic rings. The van der Waals surface area contributed by atoms with Gasteiger partial charge in [-0.25, -0.2) is 0 Å². The van der Waals surface area contributed by atoms with Gasteiger partial charge >= 0.3 is 0 Å². The van der Waals surface area contributed by atoms with Crippen LogP contribution in [0.1, 0.15) is 25.7 Å². The highest BCUT2D eigenvalue weighted by molar-refractivity contribution is 7.99. The monoisotopic (exact) mass is 202 g/mol. The third-order valence-electron chi connectivity index (χ3n) is 2.03. The Bertz CT molecular complexity index is 131. The van der Waals surface area contributed by atoms with Crippen molar-refractivity contribution in [3.05, 3.63) is 0 Å². The zero-order valence-electron chi connectivity index (χ0n) is 7.97. The average Bonchev–Trinajstić information content (AvgIpc) is 2.62. The Hall–Kier alpha value is -0.220. The van der Waals surface area contributed by atoms with Crippen molar-refractivity contribution in [3.8, 4) is 0 Å². The standard InChI is InChI=1S/C6H11NO.C3H7NS/c8-6-4-2-1-3-5-7-6;1-2-5-3-4-1/h1-5H2,(H,7,8);4H,1-3H2. The highest BCUT2D eigenvalue weighted by Crippen LogP contribution is 2.02. The van der Waals surface area contributed by atoms with Crippen LogP contribution < -0.4 is 10.6 Å². The molecule has 0 aromatic heterocycles. The molecule has 2 heterocycles. The molecular formula is C9H18N2OS. The van der Waals surface area contributed by atoms with Gasteiger partial charge in [0.05, 0.1) is 0 Å². The second kappa shape index (κ2) is 7.21. The van der Waals surface area contributed by atoms with Gasteiger partial charge in [-0.05, 0) is 12.8 Å². The number of hydrogen-bond acceptors (Lipinski definition) is 3. The van der Waals surface area contributed by atoms with Crippen molar-refractivity contribution in [1.82, 2.24) is 10.6 Å². The van der Waals surface area contributed by atoms with Gasteiger partial charge < -0.3 is 10.6 Å². The fraction of sp³-hybridized carbons (Fsp3) is 0.889. The molecule has 0 saturated carbocycles. The number of amides is 1. The van der Waals surface area contributed by atoms with E-state index in [0.29, 0.717) is 0 Å². The zero-order valence-corrected chi connectivity index (χ0v) is 8.79. The third-order valence-corrected chi connectivity index (χ3v) is 2.93. The summed E-state index contributed by atoms with van der Waals surface area (Å²) in [6, 6.07) is 0. The first-order valence-corrected chi connectivity index (χ1v) is 6.10. The molecule has 0 radical (unpaired) electrons. The van der Waals surface area contributed by atoms with E-state index in [4.69, 9.17) is 0 Å². The Kier molecular flexibility index (Phi) is 6.02. The first-order chi connectivity index (χ1) is 6.39.